The molecule has 0 aliphatic heterocycles. The fraction of sp³-hybridized carbons (Fsp3) is 0.158. The van der Waals surface area contributed by atoms with Crippen molar-refractivity contribution in [3.05, 3.63) is 54.1 Å². The average molecular weight is 413 g/mol. The van der Waals surface area contributed by atoms with Crippen LogP contribution in [0, 0.1) is 0 Å². The summed E-state index contributed by atoms with van der Waals surface area (Å²) in [5.41, 5.74) is 0.748. The van der Waals surface area contributed by atoms with Gasteiger partial charge in [-0.05, 0) is 18.2 Å². The molecule has 0 aliphatic carbocycles. The van der Waals surface area contributed by atoms with Crippen LogP contribution in [0.2, 0.25) is 5.02 Å². The summed E-state index contributed by atoms with van der Waals surface area (Å²) < 4.78 is 12.8. The van der Waals surface area contributed by atoms with Gasteiger partial charge < -0.3 is 19.9 Å². The van der Waals surface area contributed by atoms with Crippen molar-refractivity contribution >= 4 is 34.1 Å². The van der Waals surface area contributed by atoms with Gasteiger partial charge in [0, 0.05) is 30.8 Å². The third-order valence-electron chi connectivity index (χ3n) is 3.92. The fourth-order valence-corrected chi connectivity index (χ4v) is 2.83. The van der Waals surface area contributed by atoms with E-state index in [0.717, 1.165) is 10.9 Å². The van der Waals surface area contributed by atoms with Gasteiger partial charge in [0.2, 0.25) is 5.88 Å². The Morgan fingerprint density at radius 1 is 1.14 bits per heavy atom. The van der Waals surface area contributed by atoms with Gasteiger partial charge in [-0.2, -0.15) is 5.10 Å². The maximum absolute atomic E-state index is 8.83. The number of ether oxygens (including phenoxy) is 2. The molecule has 148 valence electrons. The molecule has 10 heteroatoms. The molecule has 3 aromatic heterocycles. The first-order valence-corrected chi connectivity index (χ1v) is 9.08. The van der Waals surface area contributed by atoms with Crippen LogP contribution in [0.4, 0.5) is 11.6 Å². The molecular formula is C19H17ClN6O3. The highest BCUT2D eigenvalue weighted by Gasteiger charge is 2.11. The SMILES string of the molecule is Cn1ccc(Nc2ncnc3ccc(Oc4ncc(OCCO)cc4Cl)cc23)n1. The Balaban J connectivity index is 1.61. The van der Waals surface area contributed by atoms with Gasteiger partial charge in [0.1, 0.15) is 35.3 Å². The van der Waals surface area contributed by atoms with E-state index in [9.17, 15) is 0 Å². The van der Waals surface area contributed by atoms with Gasteiger partial charge in [0.15, 0.2) is 5.82 Å². The van der Waals surface area contributed by atoms with Crippen molar-refractivity contribution in [3.8, 4) is 17.4 Å². The van der Waals surface area contributed by atoms with Crippen molar-refractivity contribution in [2.24, 2.45) is 7.05 Å². The number of fused-ring (bicyclic) bond motifs is 1. The fourth-order valence-electron chi connectivity index (χ4n) is 2.64. The summed E-state index contributed by atoms with van der Waals surface area (Å²) in [7, 11) is 1.84. The predicted molar refractivity (Wildman–Crippen MR) is 108 cm³/mol. The molecule has 0 amide bonds. The van der Waals surface area contributed by atoms with Crippen LogP contribution in [0.1, 0.15) is 0 Å². The van der Waals surface area contributed by atoms with Crippen LogP contribution in [0.3, 0.4) is 0 Å². The topological polar surface area (TPSA) is 107 Å². The van der Waals surface area contributed by atoms with Crippen LogP contribution < -0.4 is 14.8 Å². The number of aryl methyl sites for hydroxylation is 1. The van der Waals surface area contributed by atoms with Crippen LogP contribution in [0.5, 0.6) is 17.4 Å². The van der Waals surface area contributed by atoms with E-state index in [1.165, 1.54) is 12.5 Å². The van der Waals surface area contributed by atoms with E-state index in [0.29, 0.717) is 23.1 Å². The Bertz CT molecular complexity index is 1150. The molecule has 0 aliphatic rings. The average Bonchev–Trinajstić information content (AvgIpc) is 3.13. The second-order valence-corrected chi connectivity index (χ2v) is 6.44. The largest absolute Gasteiger partial charge is 0.490 e. The van der Waals surface area contributed by atoms with Gasteiger partial charge in [-0.3, -0.25) is 4.68 Å². The first-order chi connectivity index (χ1) is 14.1. The number of nitrogens with zero attached hydrogens (tertiary/aromatic N) is 5. The van der Waals surface area contributed by atoms with Crippen molar-refractivity contribution in [2.45, 2.75) is 0 Å². The number of aliphatic hydroxyl groups is 1. The van der Waals surface area contributed by atoms with Crippen molar-refractivity contribution in [3.63, 3.8) is 0 Å². The lowest BCUT2D eigenvalue weighted by molar-refractivity contribution is 0.201. The molecular weight excluding hydrogens is 396 g/mol. The van der Waals surface area contributed by atoms with E-state index in [1.54, 1.807) is 22.9 Å². The van der Waals surface area contributed by atoms with Crippen LogP contribution in [0.25, 0.3) is 10.9 Å². The molecule has 0 fully saturated rings. The first-order valence-electron chi connectivity index (χ1n) is 8.71. The zero-order chi connectivity index (χ0) is 20.2. The number of hydrogen-bond donors (Lipinski definition) is 2. The zero-order valence-corrected chi connectivity index (χ0v) is 16.2. The highest BCUT2D eigenvalue weighted by molar-refractivity contribution is 6.32. The maximum Gasteiger partial charge on any atom is 0.238 e. The predicted octanol–water partition coefficient (Wildman–Crippen LogP) is 3.32. The van der Waals surface area contributed by atoms with E-state index in [4.69, 9.17) is 26.2 Å². The molecule has 1 aromatic carbocycles. The summed E-state index contributed by atoms with van der Waals surface area (Å²) in [5, 5.41) is 17.4. The number of aliphatic hydroxyl groups excluding tert-OH is 1. The van der Waals surface area contributed by atoms with E-state index in [2.05, 4.69) is 25.4 Å². The van der Waals surface area contributed by atoms with E-state index in [-0.39, 0.29) is 24.1 Å². The normalized spacial score (nSPS) is 10.9. The standard InChI is InChI=1S/C19H17ClN6O3/c1-26-5-4-17(25-26)24-18-14-8-12(2-3-16(14)22-11-23-18)29-19-15(20)9-13(10-21-19)28-7-6-27/h2-5,8-11,27H,6-7H2,1H3,(H,22,23,24,25). The smallest absolute Gasteiger partial charge is 0.238 e. The summed E-state index contributed by atoms with van der Waals surface area (Å²) in [5.74, 6) is 2.48. The Morgan fingerprint density at radius 3 is 2.79 bits per heavy atom. The second-order valence-electron chi connectivity index (χ2n) is 6.03. The number of rotatable bonds is 7. The molecule has 0 atom stereocenters. The third kappa shape index (κ3) is 4.36. The second kappa shape index (κ2) is 8.29. The van der Waals surface area contributed by atoms with Crippen LogP contribution in [0.15, 0.2) is 49.1 Å². The molecule has 0 radical (unpaired) electrons. The minimum atomic E-state index is -0.0934. The number of hydrogen-bond acceptors (Lipinski definition) is 8. The van der Waals surface area contributed by atoms with Crippen LogP contribution >= 0.6 is 11.6 Å². The number of anilines is 2. The highest BCUT2D eigenvalue weighted by atomic mass is 35.5. The summed E-state index contributed by atoms with van der Waals surface area (Å²) >= 11 is 6.24. The van der Waals surface area contributed by atoms with E-state index < -0.39 is 0 Å². The minimum absolute atomic E-state index is 0.0934. The van der Waals surface area contributed by atoms with Gasteiger partial charge in [-0.1, -0.05) is 11.6 Å². The Kier molecular flexibility index (Phi) is 5.41. The Hall–Kier alpha value is -3.43. The number of aromatic nitrogens is 5. The van der Waals surface area contributed by atoms with E-state index >= 15 is 0 Å². The molecule has 29 heavy (non-hydrogen) atoms. The van der Waals surface area contributed by atoms with Crippen molar-refractivity contribution in [1.82, 2.24) is 24.7 Å². The summed E-state index contributed by atoms with van der Waals surface area (Å²) in [6.45, 7) is 0.0683. The quantitative estimate of drug-likeness (QED) is 0.476. The lowest BCUT2D eigenvalue weighted by Crippen LogP contribution is -2.02. The molecule has 4 rings (SSSR count). The van der Waals surface area contributed by atoms with Gasteiger partial charge in [-0.25, -0.2) is 15.0 Å². The molecule has 0 spiro atoms. The molecule has 0 saturated heterocycles. The minimum Gasteiger partial charge on any atom is -0.490 e. The molecule has 2 N–H and O–H groups in total. The monoisotopic (exact) mass is 412 g/mol. The van der Waals surface area contributed by atoms with Crippen LogP contribution in [-0.2, 0) is 7.05 Å². The number of nitrogens with one attached hydrogen (secondary N) is 1. The molecule has 9 nitrogen and oxygen atoms in total. The summed E-state index contributed by atoms with van der Waals surface area (Å²) in [4.78, 5) is 12.8. The van der Waals surface area contributed by atoms with Gasteiger partial charge in [0.05, 0.1) is 18.3 Å². The van der Waals surface area contributed by atoms with E-state index in [1.807, 2.05) is 25.4 Å². The third-order valence-corrected chi connectivity index (χ3v) is 4.19. The van der Waals surface area contributed by atoms with Gasteiger partial charge >= 0.3 is 0 Å². The highest BCUT2D eigenvalue weighted by Crippen LogP contribution is 2.32. The summed E-state index contributed by atoms with van der Waals surface area (Å²) in [6.07, 6.45) is 4.80. The lowest BCUT2D eigenvalue weighted by atomic mass is 10.2. The molecule has 0 unspecified atom stereocenters. The van der Waals surface area contributed by atoms with Crippen molar-refractivity contribution in [1.29, 1.82) is 0 Å². The van der Waals surface area contributed by atoms with Gasteiger partial charge in [-0.15, -0.1) is 0 Å². The Labute approximate surface area is 170 Å². The molecule has 0 saturated carbocycles. The molecule has 0 bridgehead atoms. The Morgan fingerprint density at radius 2 is 2.03 bits per heavy atom. The first kappa shape index (κ1) is 18.9. The van der Waals surface area contributed by atoms with Crippen molar-refractivity contribution < 1.29 is 14.6 Å². The van der Waals surface area contributed by atoms with Gasteiger partial charge in [0.25, 0.3) is 0 Å². The number of pyridine rings is 1. The van der Waals surface area contributed by atoms with Crippen LogP contribution in [-0.4, -0.2) is 43.1 Å². The number of benzene rings is 1. The molecule has 3 heterocycles. The summed E-state index contributed by atoms with van der Waals surface area (Å²) in [6, 6.07) is 8.82. The maximum atomic E-state index is 8.83. The zero-order valence-electron chi connectivity index (χ0n) is 15.4. The van der Waals surface area contributed by atoms with Crippen molar-refractivity contribution in [2.75, 3.05) is 18.5 Å². The molecule has 4 aromatic rings. The number of halogens is 1. The lowest BCUT2D eigenvalue weighted by Gasteiger charge is -2.10.